The summed E-state index contributed by atoms with van der Waals surface area (Å²) in [6, 6.07) is 8.05. The summed E-state index contributed by atoms with van der Waals surface area (Å²) < 4.78 is 56.4. The molecule has 168 valence electrons. The number of H-pyrrole nitrogens is 1. The van der Waals surface area contributed by atoms with E-state index in [4.69, 9.17) is 19.9 Å². The number of hydrogen-bond acceptors (Lipinski definition) is 6. The minimum atomic E-state index is -4.85. The first kappa shape index (κ1) is 22.7. The molecule has 11 heteroatoms. The van der Waals surface area contributed by atoms with Crippen LogP contribution in [0.1, 0.15) is 21.7 Å². The SMILES string of the molecule is COc1ccnc(COc2ccc(-c3cc(C(N)=O)c(=O)[nH]c3C(F)(F)F)cc2)c1OC. The van der Waals surface area contributed by atoms with Gasteiger partial charge in [0.05, 0.1) is 14.2 Å². The van der Waals surface area contributed by atoms with Crippen LogP contribution >= 0.6 is 0 Å². The van der Waals surface area contributed by atoms with Gasteiger partial charge in [-0.1, -0.05) is 12.1 Å². The molecule has 1 amide bonds. The van der Waals surface area contributed by atoms with E-state index < -0.39 is 34.5 Å². The molecular formula is C21H18F3N3O5. The lowest BCUT2D eigenvalue weighted by atomic mass is 10.0. The van der Waals surface area contributed by atoms with Crippen molar-refractivity contribution in [3.8, 4) is 28.4 Å². The Labute approximate surface area is 179 Å². The van der Waals surface area contributed by atoms with Gasteiger partial charge >= 0.3 is 6.18 Å². The highest BCUT2D eigenvalue weighted by molar-refractivity contribution is 5.94. The summed E-state index contributed by atoms with van der Waals surface area (Å²) in [4.78, 5) is 29.1. The Morgan fingerprint density at radius 1 is 1.12 bits per heavy atom. The van der Waals surface area contributed by atoms with Crippen molar-refractivity contribution in [3.05, 3.63) is 69.9 Å². The highest BCUT2D eigenvalue weighted by atomic mass is 19.4. The molecule has 0 aliphatic heterocycles. The molecule has 2 aromatic heterocycles. The van der Waals surface area contributed by atoms with E-state index in [9.17, 15) is 22.8 Å². The molecular weight excluding hydrogens is 431 g/mol. The van der Waals surface area contributed by atoms with Crippen molar-refractivity contribution >= 4 is 5.91 Å². The summed E-state index contributed by atoms with van der Waals surface area (Å²) in [5, 5.41) is 0. The molecule has 0 unspecified atom stereocenters. The van der Waals surface area contributed by atoms with E-state index >= 15 is 0 Å². The maximum absolute atomic E-state index is 13.4. The largest absolute Gasteiger partial charge is 0.493 e. The maximum Gasteiger partial charge on any atom is 0.431 e. The zero-order chi connectivity index (χ0) is 23.5. The maximum atomic E-state index is 13.4. The van der Waals surface area contributed by atoms with E-state index in [0.29, 0.717) is 22.9 Å². The molecule has 0 aliphatic rings. The van der Waals surface area contributed by atoms with Crippen LogP contribution in [0.2, 0.25) is 0 Å². The van der Waals surface area contributed by atoms with Gasteiger partial charge in [0, 0.05) is 17.8 Å². The number of carbonyl (C=O) groups excluding carboxylic acids is 1. The molecule has 0 saturated heterocycles. The number of amides is 1. The first-order chi connectivity index (χ1) is 15.2. The van der Waals surface area contributed by atoms with Crippen molar-refractivity contribution in [2.75, 3.05) is 14.2 Å². The van der Waals surface area contributed by atoms with Gasteiger partial charge in [-0.3, -0.25) is 14.6 Å². The average molecular weight is 449 g/mol. The van der Waals surface area contributed by atoms with E-state index in [1.807, 2.05) is 0 Å². The van der Waals surface area contributed by atoms with Gasteiger partial charge in [-0.05, 0) is 23.8 Å². The van der Waals surface area contributed by atoms with Crippen LogP contribution in [0.3, 0.4) is 0 Å². The summed E-state index contributed by atoms with van der Waals surface area (Å²) in [5.74, 6) is 0.0718. The van der Waals surface area contributed by atoms with Crippen LogP contribution in [0.4, 0.5) is 13.2 Å². The average Bonchev–Trinajstić information content (AvgIpc) is 2.76. The van der Waals surface area contributed by atoms with Crippen molar-refractivity contribution < 1.29 is 32.2 Å². The molecule has 0 atom stereocenters. The second-order valence-corrected chi connectivity index (χ2v) is 6.47. The second kappa shape index (κ2) is 9.00. The Morgan fingerprint density at radius 2 is 1.81 bits per heavy atom. The standard InChI is InChI=1S/C21H18F3N3O5/c1-30-16-7-8-26-15(17(16)31-2)10-32-12-5-3-11(4-6-12)13-9-14(19(25)28)20(29)27-18(13)21(22,23)24/h3-9H,10H2,1-2H3,(H2,25,28)(H,27,29). The number of halogens is 3. The summed E-state index contributed by atoms with van der Waals surface area (Å²) in [6.45, 7) is 0.0119. The van der Waals surface area contributed by atoms with Gasteiger partial charge in [0.25, 0.3) is 11.5 Å². The normalized spacial score (nSPS) is 11.2. The molecule has 3 rings (SSSR count). The Hall–Kier alpha value is -4.02. The topological polar surface area (TPSA) is 117 Å². The fourth-order valence-electron chi connectivity index (χ4n) is 3.00. The molecule has 0 bridgehead atoms. The van der Waals surface area contributed by atoms with E-state index in [0.717, 1.165) is 6.07 Å². The van der Waals surface area contributed by atoms with Gasteiger partial charge < -0.3 is 24.9 Å². The fraction of sp³-hybridized carbons (Fsp3) is 0.190. The van der Waals surface area contributed by atoms with Gasteiger partial charge in [-0.2, -0.15) is 13.2 Å². The second-order valence-electron chi connectivity index (χ2n) is 6.47. The molecule has 8 nitrogen and oxygen atoms in total. The number of alkyl halides is 3. The Morgan fingerprint density at radius 3 is 2.38 bits per heavy atom. The number of benzene rings is 1. The van der Waals surface area contributed by atoms with Crippen molar-refractivity contribution in [1.82, 2.24) is 9.97 Å². The molecule has 3 aromatic rings. The number of aromatic nitrogens is 2. The van der Waals surface area contributed by atoms with Gasteiger partial charge in [-0.25, -0.2) is 0 Å². The third kappa shape index (κ3) is 4.66. The van der Waals surface area contributed by atoms with E-state index in [1.165, 1.54) is 44.7 Å². The van der Waals surface area contributed by atoms with Crippen LogP contribution in [-0.2, 0) is 12.8 Å². The highest BCUT2D eigenvalue weighted by Gasteiger charge is 2.36. The third-order valence-corrected chi connectivity index (χ3v) is 4.50. The van der Waals surface area contributed by atoms with Crippen molar-refractivity contribution in [3.63, 3.8) is 0 Å². The van der Waals surface area contributed by atoms with Crippen molar-refractivity contribution in [1.29, 1.82) is 0 Å². The van der Waals surface area contributed by atoms with Crippen LogP contribution in [0.15, 0.2) is 47.4 Å². The number of nitrogens with one attached hydrogen (secondary N) is 1. The smallest absolute Gasteiger partial charge is 0.431 e. The number of hydrogen-bond donors (Lipinski definition) is 2. The number of nitrogens with two attached hydrogens (primary N) is 1. The number of nitrogens with zero attached hydrogens (tertiary/aromatic N) is 1. The molecule has 1 aromatic carbocycles. The molecule has 0 aliphatic carbocycles. The van der Waals surface area contributed by atoms with Gasteiger partial charge in [0.2, 0.25) is 0 Å². The lowest BCUT2D eigenvalue weighted by molar-refractivity contribution is -0.140. The first-order valence-electron chi connectivity index (χ1n) is 9.09. The van der Waals surface area contributed by atoms with Crippen molar-refractivity contribution in [2.45, 2.75) is 12.8 Å². The zero-order valence-corrected chi connectivity index (χ0v) is 16.9. The summed E-state index contributed by atoms with van der Waals surface area (Å²) in [5.41, 5.74) is 2.18. The molecule has 2 heterocycles. The summed E-state index contributed by atoms with van der Waals surface area (Å²) in [7, 11) is 2.94. The van der Waals surface area contributed by atoms with Gasteiger partial charge in [-0.15, -0.1) is 0 Å². The van der Waals surface area contributed by atoms with E-state index in [2.05, 4.69) is 4.98 Å². The number of aromatic amines is 1. The summed E-state index contributed by atoms with van der Waals surface area (Å²) >= 11 is 0. The van der Waals surface area contributed by atoms with Crippen LogP contribution in [0, 0.1) is 0 Å². The lowest BCUT2D eigenvalue weighted by Gasteiger charge is -2.15. The van der Waals surface area contributed by atoms with Crippen LogP contribution in [-0.4, -0.2) is 30.1 Å². The molecule has 0 saturated carbocycles. The van der Waals surface area contributed by atoms with Crippen LogP contribution < -0.4 is 25.5 Å². The monoisotopic (exact) mass is 449 g/mol. The van der Waals surface area contributed by atoms with E-state index in [1.54, 1.807) is 11.1 Å². The Kier molecular flexibility index (Phi) is 6.37. The minimum absolute atomic E-state index is 0.0119. The van der Waals surface area contributed by atoms with Crippen LogP contribution in [0.25, 0.3) is 11.1 Å². The Balaban J connectivity index is 1.90. The predicted octanol–water partition coefficient (Wildman–Crippen LogP) is 3.15. The predicted molar refractivity (Wildman–Crippen MR) is 108 cm³/mol. The zero-order valence-electron chi connectivity index (χ0n) is 16.9. The number of methoxy groups -OCH3 is 2. The highest BCUT2D eigenvalue weighted by Crippen LogP contribution is 2.36. The number of pyridine rings is 2. The molecule has 0 spiro atoms. The third-order valence-electron chi connectivity index (χ3n) is 4.50. The number of primary amides is 1. The molecule has 0 radical (unpaired) electrons. The molecule has 0 fully saturated rings. The first-order valence-corrected chi connectivity index (χ1v) is 9.09. The van der Waals surface area contributed by atoms with Gasteiger partial charge in [0.1, 0.15) is 29.3 Å². The van der Waals surface area contributed by atoms with Crippen molar-refractivity contribution in [2.24, 2.45) is 5.73 Å². The number of ether oxygens (including phenoxy) is 3. The van der Waals surface area contributed by atoms with Gasteiger partial charge in [0.15, 0.2) is 11.5 Å². The minimum Gasteiger partial charge on any atom is -0.493 e. The number of carbonyl (C=O) groups is 1. The summed E-state index contributed by atoms with van der Waals surface area (Å²) in [6.07, 6.45) is -3.33. The van der Waals surface area contributed by atoms with E-state index in [-0.39, 0.29) is 12.2 Å². The lowest BCUT2D eigenvalue weighted by Crippen LogP contribution is -2.27. The molecule has 32 heavy (non-hydrogen) atoms. The number of rotatable bonds is 7. The fourth-order valence-corrected chi connectivity index (χ4v) is 3.00. The molecule has 3 N–H and O–H groups in total. The quantitative estimate of drug-likeness (QED) is 0.573. The van der Waals surface area contributed by atoms with Crippen LogP contribution in [0.5, 0.6) is 17.2 Å². The Bertz CT molecular complexity index is 1190.